The summed E-state index contributed by atoms with van der Waals surface area (Å²) >= 11 is 0. The molecule has 0 bridgehead atoms. The second-order valence-corrected chi connectivity index (χ2v) is 4.92. The standard InChI is InChI=1S/C16H23NO/c1-4-12(3)18-14-9-10-15-13(11-14)7-6-8-16(15)17-5-2/h4,9-12,16-17H,1,5-8H2,2-3H3. The maximum Gasteiger partial charge on any atom is 0.120 e. The highest BCUT2D eigenvalue weighted by atomic mass is 16.5. The van der Waals surface area contributed by atoms with Crippen molar-refractivity contribution >= 4 is 0 Å². The highest BCUT2D eigenvalue weighted by molar-refractivity contribution is 5.39. The fraction of sp³-hybridized carbons (Fsp3) is 0.500. The highest BCUT2D eigenvalue weighted by Crippen LogP contribution is 2.32. The molecule has 1 aliphatic rings. The Morgan fingerprint density at radius 2 is 2.39 bits per heavy atom. The summed E-state index contributed by atoms with van der Waals surface area (Å²) in [6.45, 7) is 8.94. The minimum atomic E-state index is 0.0659. The van der Waals surface area contributed by atoms with Crippen LogP contribution in [0.1, 0.15) is 43.9 Å². The Morgan fingerprint density at radius 3 is 3.11 bits per heavy atom. The molecule has 0 radical (unpaired) electrons. The Kier molecular flexibility index (Phi) is 4.43. The molecule has 1 aromatic carbocycles. The van der Waals surface area contributed by atoms with Crippen LogP contribution >= 0.6 is 0 Å². The number of aryl methyl sites for hydroxylation is 1. The molecule has 1 N–H and O–H groups in total. The smallest absolute Gasteiger partial charge is 0.120 e. The minimum absolute atomic E-state index is 0.0659. The summed E-state index contributed by atoms with van der Waals surface area (Å²) in [5, 5.41) is 3.56. The van der Waals surface area contributed by atoms with Gasteiger partial charge in [-0.1, -0.05) is 25.6 Å². The van der Waals surface area contributed by atoms with E-state index in [0.717, 1.165) is 18.7 Å². The van der Waals surface area contributed by atoms with Crippen LogP contribution < -0.4 is 10.1 Å². The minimum Gasteiger partial charge on any atom is -0.487 e. The predicted molar refractivity (Wildman–Crippen MR) is 76.1 cm³/mol. The number of rotatable bonds is 5. The largest absolute Gasteiger partial charge is 0.487 e. The van der Waals surface area contributed by atoms with E-state index in [-0.39, 0.29) is 6.10 Å². The average Bonchev–Trinajstić information content (AvgIpc) is 2.39. The predicted octanol–water partition coefficient (Wildman–Crippen LogP) is 3.63. The van der Waals surface area contributed by atoms with Crippen LogP contribution in [0.25, 0.3) is 0 Å². The first-order valence-corrected chi connectivity index (χ1v) is 6.90. The van der Waals surface area contributed by atoms with Crippen molar-refractivity contribution in [2.75, 3.05) is 6.54 Å². The van der Waals surface area contributed by atoms with Crippen molar-refractivity contribution in [3.05, 3.63) is 42.0 Å². The summed E-state index contributed by atoms with van der Waals surface area (Å²) in [7, 11) is 0. The van der Waals surface area contributed by atoms with Crippen molar-refractivity contribution in [1.29, 1.82) is 0 Å². The molecular weight excluding hydrogens is 222 g/mol. The van der Waals surface area contributed by atoms with Crippen LogP contribution in [-0.2, 0) is 6.42 Å². The summed E-state index contributed by atoms with van der Waals surface area (Å²) in [6.07, 6.45) is 5.55. The van der Waals surface area contributed by atoms with Crippen LogP contribution in [0.15, 0.2) is 30.9 Å². The molecule has 2 heteroatoms. The average molecular weight is 245 g/mol. The Balaban J connectivity index is 2.18. The monoisotopic (exact) mass is 245 g/mol. The van der Waals surface area contributed by atoms with E-state index in [1.807, 2.05) is 13.0 Å². The van der Waals surface area contributed by atoms with Gasteiger partial charge in [0.1, 0.15) is 11.9 Å². The topological polar surface area (TPSA) is 21.3 Å². The van der Waals surface area contributed by atoms with E-state index in [4.69, 9.17) is 4.74 Å². The van der Waals surface area contributed by atoms with Crippen LogP contribution in [0.5, 0.6) is 5.75 Å². The molecule has 1 aliphatic carbocycles. The lowest BCUT2D eigenvalue weighted by Gasteiger charge is -2.26. The summed E-state index contributed by atoms with van der Waals surface area (Å²) in [5.74, 6) is 0.957. The molecule has 0 aliphatic heterocycles. The molecule has 98 valence electrons. The van der Waals surface area contributed by atoms with Gasteiger partial charge in [0.05, 0.1) is 0 Å². The van der Waals surface area contributed by atoms with Crippen molar-refractivity contribution in [3.63, 3.8) is 0 Å². The van der Waals surface area contributed by atoms with Gasteiger partial charge in [-0.05, 0) is 56.0 Å². The summed E-state index contributed by atoms with van der Waals surface area (Å²) in [5.41, 5.74) is 2.88. The van der Waals surface area contributed by atoms with Gasteiger partial charge in [-0.15, -0.1) is 0 Å². The van der Waals surface area contributed by atoms with Crippen LogP contribution in [0, 0.1) is 0 Å². The lowest BCUT2D eigenvalue weighted by Crippen LogP contribution is -2.24. The van der Waals surface area contributed by atoms with E-state index in [2.05, 4.69) is 37.0 Å². The van der Waals surface area contributed by atoms with Gasteiger partial charge in [0.25, 0.3) is 0 Å². The Hall–Kier alpha value is -1.28. The van der Waals surface area contributed by atoms with Gasteiger partial charge in [-0.3, -0.25) is 0 Å². The molecule has 18 heavy (non-hydrogen) atoms. The van der Waals surface area contributed by atoms with Crippen molar-refractivity contribution in [2.45, 2.75) is 45.3 Å². The number of ether oxygens (including phenoxy) is 1. The zero-order valence-electron chi connectivity index (χ0n) is 11.4. The second-order valence-electron chi connectivity index (χ2n) is 4.92. The van der Waals surface area contributed by atoms with E-state index >= 15 is 0 Å². The number of hydrogen-bond acceptors (Lipinski definition) is 2. The highest BCUT2D eigenvalue weighted by Gasteiger charge is 2.19. The van der Waals surface area contributed by atoms with E-state index in [1.54, 1.807) is 0 Å². The maximum atomic E-state index is 5.79. The van der Waals surface area contributed by atoms with Crippen LogP contribution in [0.2, 0.25) is 0 Å². The zero-order valence-corrected chi connectivity index (χ0v) is 11.4. The number of nitrogens with one attached hydrogen (secondary N) is 1. The third-order valence-electron chi connectivity index (χ3n) is 3.53. The van der Waals surface area contributed by atoms with E-state index in [1.165, 1.54) is 24.0 Å². The molecule has 0 saturated heterocycles. The fourth-order valence-corrected chi connectivity index (χ4v) is 2.59. The first-order valence-electron chi connectivity index (χ1n) is 6.90. The lowest BCUT2D eigenvalue weighted by molar-refractivity contribution is 0.269. The molecule has 0 heterocycles. The van der Waals surface area contributed by atoms with Gasteiger partial charge in [0.2, 0.25) is 0 Å². The third kappa shape index (κ3) is 2.94. The van der Waals surface area contributed by atoms with E-state index in [9.17, 15) is 0 Å². The third-order valence-corrected chi connectivity index (χ3v) is 3.53. The van der Waals surface area contributed by atoms with Gasteiger partial charge < -0.3 is 10.1 Å². The summed E-state index contributed by atoms with van der Waals surface area (Å²) in [4.78, 5) is 0. The number of hydrogen-bond donors (Lipinski definition) is 1. The first kappa shape index (κ1) is 13.2. The van der Waals surface area contributed by atoms with Crippen LogP contribution in [0.4, 0.5) is 0 Å². The van der Waals surface area contributed by atoms with Gasteiger partial charge in [-0.2, -0.15) is 0 Å². The molecule has 2 unspecified atom stereocenters. The molecule has 0 fully saturated rings. The Morgan fingerprint density at radius 1 is 1.56 bits per heavy atom. The van der Waals surface area contributed by atoms with Gasteiger partial charge >= 0.3 is 0 Å². The van der Waals surface area contributed by atoms with Crippen molar-refractivity contribution < 1.29 is 4.74 Å². The zero-order chi connectivity index (χ0) is 13.0. The molecule has 0 amide bonds. The summed E-state index contributed by atoms with van der Waals surface area (Å²) < 4.78 is 5.79. The fourth-order valence-electron chi connectivity index (χ4n) is 2.59. The molecule has 2 nitrogen and oxygen atoms in total. The van der Waals surface area contributed by atoms with Gasteiger partial charge in [0, 0.05) is 6.04 Å². The van der Waals surface area contributed by atoms with E-state index in [0.29, 0.717) is 6.04 Å². The quantitative estimate of drug-likeness (QED) is 0.800. The molecule has 2 atom stereocenters. The summed E-state index contributed by atoms with van der Waals surface area (Å²) in [6, 6.07) is 7.00. The van der Waals surface area contributed by atoms with Crippen molar-refractivity contribution in [3.8, 4) is 5.75 Å². The molecule has 0 aromatic heterocycles. The van der Waals surface area contributed by atoms with Crippen LogP contribution in [-0.4, -0.2) is 12.6 Å². The normalized spacial score (nSPS) is 20.0. The van der Waals surface area contributed by atoms with Crippen molar-refractivity contribution in [1.82, 2.24) is 5.32 Å². The van der Waals surface area contributed by atoms with Gasteiger partial charge in [0.15, 0.2) is 0 Å². The van der Waals surface area contributed by atoms with Crippen LogP contribution in [0.3, 0.4) is 0 Å². The van der Waals surface area contributed by atoms with Gasteiger partial charge in [-0.25, -0.2) is 0 Å². The SMILES string of the molecule is C=CC(C)Oc1ccc2c(c1)CCCC2NCC. The maximum absolute atomic E-state index is 5.79. The van der Waals surface area contributed by atoms with E-state index < -0.39 is 0 Å². The second kappa shape index (κ2) is 6.05. The first-order chi connectivity index (χ1) is 8.74. The number of benzene rings is 1. The molecule has 0 saturated carbocycles. The Labute approximate surface area is 110 Å². The molecular formula is C16H23NO. The lowest BCUT2D eigenvalue weighted by atomic mass is 9.87. The Bertz CT molecular complexity index is 414. The number of fused-ring (bicyclic) bond motifs is 1. The molecule has 2 rings (SSSR count). The van der Waals surface area contributed by atoms with Crippen molar-refractivity contribution in [2.24, 2.45) is 0 Å². The molecule has 1 aromatic rings. The molecule has 0 spiro atoms.